The van der Waals surface area contributed by atoms with Crippen molar-refractivity contribution in [1.82, 2.24) is 15.1 Å². The van der Waals surface area contributed by atoms with E-state index in [1.165, 1.54) is 58.5 Å². The highest BCUT2D eigenvalue weighted by Gasteiger charge is 2.24. The predicted molar refractivity (Wildman–Crippen MR) is 78.0 cm³/mol. The Hall–Kier alpha value is -0.120. The summed E-state index contributed by atoms with van der Waals surface area (Å²) in [5.41, 5.74) is 0. The van der Waals surface area contributed by atoms with Crippen molar-refractivity contribution in [3.05, 3.63) is 0 Å². The van der Waals surface area contributed by atoms with Crippen LogP contribution in [0.15, 0.2) is 0 Å². The van der Waals surface area contributed by atoms with Gasteiger partial charge in [0.05, 0.1) is 0 Å². The Morgan fingerprint density at radius 2 is 1.89 bits per heavy atom. The van der Waals surface area contributed by atoms with Gasteiger partial charge in [-0.2, -0.15) is 0 Å². The molecule has 0 aromatic heterocycles. The van der Waals surface area contributed by atoms with E-state index < -0.39 is 0 Å². The quantitative estimate of drug-likeness (QED) is 0.824. The molecule has 0 spiro atoms. The molecule has 0 radical (unpaired) electrons. The molecular weight excluding hydrogens is 222 g/mol. The van der Waals surface area contributed by atoms with Crippen LogP contribution in [0.1, 0.15) is 40.0 Å². The molecule has 2 aliphatic heterocycles. The van der Waals surface area contributed by atoms with Gasteiger partial charge in [-0.3, -0.25) is 9.80 Å². The highest BCUT2D eigenvalue weighted by atomic mass is 15.3. The largest absolute Gasteiger partial charge is 0.313 e. The maximum atomic E-state index is 3.71. The maximum absolute atomic E-state index is 3.71. The van der Waals surface area contributed by atoms with Gasteiger partial charge in [-0.1, -0.05) is 13.3 Å². The van der Waals surface area contributed by atoms with Gasteiger partial charge in [0.2, 0.25) is 0 Å². The van der Waals surface area contributed by atoms with Gasteiger partial charge in [0.15, 0.2) is 0 Å². The second-order valence-corrected chi connectivity index (χ2v) is 6.38. The Morgan fingerprint density at radius 3 is 2.50 bits per heavy atom. The molecule has 2 unspecified atom stereocenters. The number of hydrogen-bond donors (Lipinski definition) is 1. The molecule has 2 rings (SSSR count). The highest BCUT2D eigenvalue weighted by Crippen LogP contribution is 2.20. The molecule has 106 valence electrons. The molecule has 1 N–H and O–H groups in total. The van der Waals surface area contributed by atoms with Crippen LogP contribution in [0.5, 0.6) is 0 Å². The minimum atomic E-state index is 0.712. The van der Waals surface area contributed by atoms with Gasteiger partial charge in [-0.05, 0) is 39.2 Å². The minimum absolute atomic E-state index is 0.712. The Balaban J connectivity index is 1.71. The van der Waals surface area contributed by atoms with Crippen LogP contribution >= 0.6 is 0 Å². The van der Waals surface area contributed by atoms with Gasteiger partial charge in [-0.25, -0.2) is 0 Å². The van der Waals surface area contributed by atoms with Crippen molar-refractivity contribution >= 4 is 0 Å². The van der Waals surface area contributed by atoms with Gasteiger partial charge >= 0.3 is 0 Å². The summed E-state index contributed by atoms with van der Waals surface area (Å²) < 4.78 is 0. The fraction of sp³-hybridized carbons (Fsp3) is 1.00. The molecule has 0 aromatic rings. The number of nitrogens with one attached hydrogen (secondary N) is 1. The molecular formula is C15H31N3. The SMILES string of the molecule is CCC1CCNC(CN2CCN(C(C)C)CC2)C1. The van der Waals surface area contributed by atoms with E-state index in [1.807, 2.05) is 0 Å². The lowest BCUT2D eigenvalue weighted by molar-refractivity contribution is 0.0944. The van der Waals surface area contributed by atoms with Gasteiger partial charge in [0, 0.05) is 44.8 Å². The zero-order chi connectivity index (χ0) is 13.0. The summed E-state index contributed by atoms with van der Waals surface area (Å²) in [6.45, 7) is 14.5. The Kier molecular flexibility index (Phi) is 5.46. The van der Waals surface area contributed by atoms with Crippen molar-refractivity contribution in [3.63, 3.8) is 0 Å². The summed E-state index contributed by atoms with van der Waals surface area (Å²) in [6.07, 6.45) is 4.13. The molecule has 2 fully saturated rings. The molecule has 18 heavy (non-hydrogen) atoms. The van der Waals surface area contributed by atoms with Crippen LogP contribution in [-0.4, -0.2) is 61.2 Å². The smallest absolute Gasteiger partial charge is 0.0197 e. The van der Waals surface area contributed by atoms with Gasteiger partial charge in [-0.15, -0.1) is 0 Å². The summed E-state index contributed by atoms with van der Waals surface area (Å²) in [5.74, 6) is 0.966. The summed E-state index contributed by atoms with van der Waals surface area (Å²) in [5, 5.41) is 3.71. The van der Waals surface area contributed by atoms with Gasteiger partial charge in [0.1, 0.15) is 0 Å². The van der Waals surface area contributed by atoms with Crippen LogP contribution in [0, 0.1) is 5.92 Å². The van der Waals surface area contributed by atoms with Crippen molar-refractivity contribution in [2.75, 3.05) is 39.3 Å². The van der Waals surface area contributed by atoms with E-state index in [-0.39, 0.29) is 0 Å². The molecule has 3 heteroatoms. The van der Waals surface area contributed by atoms with E-state index in [0.29, 0.717) is 6.04 Å². The third kappa shape index (κ3) is 3.94. The van der Waals surface area contributed by atoms with E-state index in [4.69, 9.17) is 0 Å². The number of piperazine rings is 1. The summed E-state index contributed by atoms with van der Waals surface area (Å²) in [7, 11) is 0. The van der Waals surface area contributed by atoms with E-state index in [9.17, 15) is 0 Å². The number of piperidine rings is 1. The molecule has 0 aliphatic carbocycles. The lowest BCUT2D eigenvalue weighted by Crippen LogP contribution is -2.53. The molecule has 2 heterocycles. The van der Waals surface area contributed by atoms with E-state index in [1.54, 1.807) is 0 Å². The van der Waals surface area contributed by atoms with Crippen molar-refractivity contribution in [1.29, 1.82) is 0 Å². The van der Waals surface area contributed by atoms with Crippen LogP contribution in [0.2, 0.25) is 0 Å². The number of hydrogen-bond acceptors (Lipinski definition) is 3. The summed E-state index contributed by atoms with van der Waals surface area (Å²) in [4.78, 5) is 5.26. The number of nitrogens with zero attached hydrogens (tertiary/aromatic N) is 2. The summed E-state index contributed by atoms with van der Waals surface area (Å²) in [6, 6.07) is 1.46. The predicted octanol–water partition coefficient (Wildman–Crippen LogP) is 1.79. The van der Waals surface area contributed by atoms with Gasteiger partial charge in [0.25, 0.3) is 0 Å². The van der Waals surface area contributed by atoms with E-state index >= 15 is 0 Å². The third-order valence-electron chi connectivity index (χ3n) is 4.80. The first-order valence-electron chi connectivity index (χ1n) is 7.88. The van der Waals surface area contributed by atoms with Crippen LogP contribution in [-0.2, 0) is 0 Å². The van der Waals surface area contributed by atoms with E-state index in [0.717, 1.165) is 12.0 Å². The molecule has 2 atom stereocenters. The first-order chi connectivity index (χ1) is 8.69. The number of rotatable bonds is 4. The van der Waals surface area contributed by atoms with Crippen molar-refractivity contribution < 1.29 is 0 Å². The molecule has 0 bridgehead atoms. The summed E-state index contributed by atoms with van der Waals surface area (Å²) >= 11 is 0. The van der Waals surface area contributed by atoms with Gasteiger partial charge < -0.3 is 5.32 Å². The van der Waals surface area contributed by atoms with Crippen molar-refractivity contribution in [2.45, 2.75) is 52.1 Å². The highest BCUT2D eigenvalue weighted by molar-refractivity contribution is 4.83. The monoisotopic (exact) mass is 253 g/mol. The topological polar surface area (TPSA) is 18.5 Å². The first kappa shape index (κ1) is 14.3. The lowest BCUT2D eigenvalue weighted by atomic mass is 9.90. The average Bonchev–Trinajstić information content (AvgIpc) is 2.39. The zero-order valence-corrected chi connectivity index (χ0v) is 12.5. The molecule has 2 saturated heterocycles. The van der Waals surface area contributed by atoms with Crippen LogP contribution in [0.3, 0.4) is 0 Å². The Bertz CT molecular complexity index is 234. The maximum Gasteiger partial charge on any atom is 0.0197 e. The Morgan fingerprint density at radius 1 is 1.17 bits per heavy atom. The van der Waals surface area contributed by atoms with Crippen LogP contribution < -0.4 is 5.32 Å². The second kappa shape index (κ2) is 6.88. The minimum Gasteiger partial charge on any atom is -0.313 e. The average molecular weight is 253 g/mol. The fourth-order valence-electron chi connectivity index (χ4n) is 3.38. The van der Waals surface area contributed by atoms with Crippen LogP contribution in [0.25, 0.3) is 0 Å². The molecule has 0 amide bonds. The first-order valence-corrected chi connectivity index (χ1v) is 7.88. The third-order valence-corrected chi connectivity index (χ3v) is 4.80. The normalized spacial score (nSPS) is 32.0. The van der Waals surface area contributed by atoms with Crippen LogP contribution in [0.4, 0.5) is 0 Å². The lowest BCUT2D eigenvalue weighted by Gasteiger charge is -2.40. The molecule has 3 nitrogen and oxygen atoms in total. The Labute approximate surface area is 113 Å². The fourth-order valence-corrected chi connectivity index (χ4v) is 3.38. The second-order valence-electron chi connectivity index (χ2n) is 6.38. The standard InChI is InChI=1S/C15H31N3/c1-4-14-5-6-16-15(11-14)12-17-7-9-18(10-8-17)13(2)3/h13-16H,4-12H2,1-3H3. The van der Waals surface area contributed by atoms with Crippen molar-refractivity contribution in [2.24, 2.45) is 5.92 Å². The molecule has 0 aromatic carbocycles. The molecule has 2 aliphatic rings. The zero-order valence-electron chi connectivity index (χ0n) is 12.5. The van der Waals surface area contributed by atoms with Crippen molar-refractivity contribution in [3.8, 4) is 0 Å². The molecule has 0 saturated carbocycles. The van der Waals surface area contributed by atoms with E-state index in [2.05, 4.69) is 35.9 Å².